The van der Waals surface area contributed by atoms with Gasteiger partial charge >= 0.3 is 0 Å². The second-order valence-electron chi connectivity index (χ2n) is 6.06. The van der Waals surface area contributed by atoms with E-state index in [4.69, 9.17) is 0 Å². The highest BCUT2D eigenvalue weighted by atomic mass is 16.1. The lowest BCUT2D eigenvalue weighted by Gasteiger charge is -2.13. The van der Waals surface area contributed by atoms with Crippen molar-refractivity contribution in [3.8, 4) is 6.07 Å². The van der Waals surface area contributed by atoms with Gasteiger partial charge < -0.3 is 10.6 Å². The van der Waals surface area contributed by atoms with E-state index in [1.54, 1.807) is 0 Å². The van der Waals surface area contributed by atoms with Crippen LogP contribution in [0.15, 0.2) is 66.4 Å². The summed E-state index contributed by atoms with van der Waals surface area (Å²) < 4.78 is 0. The summed E-state index contributed by atoms with van der Waals surface area (Å²) in [7, 11) is 0. The number of anilines is 1. The second-order valence-corrected chi connectivity index (χ2v) is 6.06. The van der Waals surface area contributed by atoms with Crippen molar-refractivity contribution in [1.82, 2.24) is 5.32 Å². The molecule has 0 heterocycles. The molecule has 1 amide bonds. The summed E-state index contributed by atoms with van der Waals surface area (Å²) in [5.74, 6) is -0.113. The molecule has 0 aliphatic carbocycles. The predicted molar refractivity (Wildman–Crippen MR) is 101 cm³/mol. The van der Waals surface area contributed by atoms with E-state index in [0.717, 1.165) is 17.7 Å². The highest BCUT2D eigenvalue weighted by Crippen LogP contribution is 2.23. The van der Waals surface area contributed by atoms with Crippen LogP contribution < -0.4 is 10.6 Å². The number of carbonyl (C=O) groups excluding carboxylic acids is 1. The smallest absolute Gasteiger partial charge is 0.267 e. The molecule has 2 aromatic carbocycles. The number of nitriles is 1. The molecule has 4 nitrogen and oxygen atoms in total. The van der Waals surface area contributed by atoms with E-state index >= 15 is 0 Å². The third kappa shape index (κ3) is 5.50. The van der Waals surface area contributed by atoms with Crippen LogP contribution in [0.1, 0.15) is 30.9 Å². The lowest BCUT2D eigenvalue weighted by molar-refractivity contribution is -0.112. The van der Waals surface area contributed by atoms with Crippen molar-refractivity contribution in [2.75, 3.05) is 11.9 Å². The average molecular weight is 333 g/mol. The zero-order valence-corrected chi connectivity index (χ0v) is 14.6. The maximum Gasteiger partial charge on any atom is 0.267 e. The highest BCUT2D eigenvalue weighted by Gasteiger charge is 2.12. The summed E-state index contributed by atoms with van der Waals surface area (Å²) in [4.78, 5) is 12.3. The molecule has 2 rings (SSSR count). The number of nitrogens with one attached hydrogen (secondary N) is 2. The van der Waals surface area contributed by atoms with Gasteiger partial charge in [0.25, 0.3) is 5.91 Å². The van der Waals surface area contributed by atoms with Crippen LogP contribution in [0.3, 0.4) is 0 Å². The fourth-order valence-corrected chi connectivity index (χ4v) is 2.49. The van der Waals surface area contributed by atoms with Gasteiger partial charge in [-0.25, -0.2) is 0 Å². The number of nitrogens with zero attached hydrogens (tertiary/aromatic N) is 1. The molecule has 0 atom stereocenters. The van der Waals surface area contributed by atoms with E-state index < -0.39 is 5.91 Å². The molecular formula is C21H23N3O. The van der Waals surface area contributed by atoms with Gasteiger partial charge in [-0.1, -0.05) is 62.4 Å². The van der Waals surface area contributed by atoms with E-state index in [9.17, 15) is 10.1 Å². The normalized spacial score (nSPS) is 11.0. The molecule has 0 aromatic heterocycles. The van der Waals surface area contributed by atoms with Gasteiger partial charge in [0.15, 0.2) is 0 Å². The molecule has 25 heavy (non-hydrogen) atoms. The fraction of sp³-hybridized carbons (Fsp3) is 0.238. The largest absolute Gasteiger partial charge is 0.389 e. The molecule has 0 spiro atoms. The van der Waals surface area contributed by atoms with Crippen molar-refractivity contribution < 1.29 is 4.79 Å². The SMILES string of the molecule is CC(C)c1ccccc1NC(=O)/C(C#N)=C\NCCc1ccccc1. The minimum atomic E-state index is -0.400. The first-order chi connectivity index (χ1) is 12.1. The highest BCUT2D eigenvalue weighted by molar-refractivity contribution is 6.06. The number of rotatable bonds is 7. The van der Waals surface area contributed by atoms with Crippen molar-refractivity contribution in [2.24, 2.45) is 0 Å². The van der Waals surface area contributed by atoms with Crippen LogP contribution in [0.5, 0.6) is 0 Å². The third-order valence-electron chi connectivity index (χ3n) is 3.84. The van der Waals surface area contributed by atoms with Gasteiger partial charge in [-0.05, 0) is 29.5 Å². The van der Waals surface area contributed by atoms with Crippen LogP contribution >= 0.6 is 0 Å². The summed E-state index contributed by atoms with van der Waals surface area (Å²) in [6.45, 7) is 4.79. The summed E-state index contributed by atoms with van der Waals surface area (Å²) in [5.41, 5.74) is 3.06. The maximum absolute atomic E-state index is 12.3. The average Bonchev–Trinajstić information content (AvgIpc) is 2.63. The first-order valence-corrected chi connectivity index (χ1v) is 8.39. The Morgan fingerprint density at radius 2 is 1.80 bits per heavy atom. The number of carbonyl (C=O) groups is 1. The molecular weight excluding hydrogens is 310 g/mol. The molecule has 0 bridgehead atoms. The van der Waals surface area contributed by atoms with Gasteiger partial charge in [-0.3, -0.25) is 4.79 Å². The van der Waals surface area contributed by atoms with E-state index in [1.807, 2.05) is 60.7 Å². The van der Waals surface area contributed by atoms with Crippen LogP contribution in [0.2, 0.25) is 0 Å². The molecule has 4 heteroatoms. The van der Waals surface area contributed by atoms with Crippen molar-refractivity contribution >= 4 is 11.6 Å². The predicted octanol–water partition coefficient (Wildman–Crippen LogP) is 3.99. The van der Waals surface area contributed by atoms with Crippen LogP contribution in [0.4, 0.5) is 5.69 Å². The van der Waals surface area contributed by atoms with Crippen LogP contribution in [0, 0.1) is 11.3 Å². The van der Waals surface area contributed by atoms with Crippen molar-refractivity contribution in [2.45, 2.75) is 26.2 Å². The minimum Gasteiger partial charge on any atom is -0.389 e. The third-order valence-corrected chi connectivity index (χ3v) is 3.84. The van der Waals surface area contributed by atoms with Gasteiger partial charge in [0.2, 0.25) is 0 Å². The van der Waals surface area contributed by atoms with E-state index in [-0.39, 0.29) is 11.5 Å². The summed E-state index contributed by atoms with van der Waals surface area (Å²) in [6.07, 6.45) is 2.31. The molecule has 0 aliphatic heterocycles. The zero-order chi connectivity index (χ0) is 18.1. The van der Waals surface area contributed by atoms with Crippen molar-refractivity contribution in [3.63, 3.8) is 0 Å². The number of benzene rings is 2. The summed E-state index contributed by atoms with van der Waals surface area (Å²) >= 11 is 0. The van der Waals surface area contributed by atoms with Gasteiger partial charge in [-0.2, -0.15) is 5.26 Å². The molecule has 2 N–H and O–H groups in total. The molecule has 0 unspecified atom stereocenters. The Labute approximate surface area is 149 Å². The Balaban J connectivity index is 1.95. The monoisotopic (exact) mass is 333 g/mol. The Bertz CT molecular complexity index is 773. The quantitative estimate of drug-likeness (QED) is 0.457. The molecule has 2 aromatic rings. The summed E-state index contributed by atoms with van der Waals surface area (Å²) in [6, 6.07) is 19.7. The van der Waals surface area contributed by atoms with E-state index in [1.165, 1.54) is 11.8 Å². The number of hydrogen-bond acceptors (Lipinski definition) is 3. The number of para-hydroxylation sites is 1. The molecule has 0 saturated heterocycles. The summed E-state index contributed by atoms with van der Waals surface area (Å²) in [5, 5.41) is 15.1. The lowest BCUT2D eigenvalue weighted by Crippen LogP contribution is -2.18. The Morgan fingerprint density at radius 1 is 1.12 bits per heavy atom. The number of amides is 1. The van der Waals surface area contributed by atoms with Crippen LogP contribution in [-0.4, -0.2) is 12.5 Å². The number of hydrogen-bond donors (Lipinski definition) is 2. The molecule has 0 saturated carbocycles. The standard InChI is InChI=1S/C21H23N3O/c1-16(2)19-10-6-7-11-20(19)24-21(25)18(14-22)15-23-13-12-17-8-4-3-5-9-17/h3-11,15-16,23H,12-13H2,1-2H3,(H,24,25)/b18-15-. The van der Waals surface area contributed by atoms with Gasteiger partial charge in [-0.15, -0.1) is 0 Å². The second kappa shape index (κ2) is 9.29. The molecule has 0 radical (unpaired) electrons. The van der Waals surface area contributed by atoms with E-state index in [2.05, 4.69) is 24.5 Å². The topological polar surface area (TPSA) is 64.9 Å². The molecule has 0 fully saturated rings. The minimum absolute atomic E-state index is 0.0617. The van der Waals surface area contributed by atoms with E-state index in [0.29, 0.717) is 6.54 Å². The first kappa shape index (κ1) is 18.3. The lowest BCUT2D eigenvalue weighted by atomic mass is 10.0. The fourth-order valence-electron chi connectivity index (χ4n) is 2.49. The zero-order valence-electron chi connectivity index (χ0n) is 14.6. The van der Waals surface area contributed by atoms with Crippen molar-refractivity contribution in [1.29, 1.82) is 5.26 Å². The van der Waals surface area contributed by atoms with Gasteiger partial charge in [0, 0.05) is 18.4 Å². The first-order valence-electron chi connectivity index (χ1n) is 8.39. The molecule has 128 valence electrons. The van der Waals surface area contributed by atoms with Gasteiger partial charge in [0.1, 0.15) is 11.6 Å². The molecule has 0 aliphatic rings. The van der Waals surface area contributed by atoms with Crippen LogP contribution in [-0.2, 0) is 11.2 Å². The van der Waals surface area contributed by atoms with Gasteiger partial charge in [0.05, 0.1) is 0 Å². The Kier molecular flexibility index (Phi) is 6.79. The maximum atomic E-state index is 12.3. The van der Waals surface area contributed by atoms with Crippen LogP contribution in [0.25, 0.3) is 0 Å². The Hall–Kier alpha value is -3.06. The van der Waals surface area contributed by atoms with Crippen molar-refractivity contribution in [3.05, 3.63) is 77.5 Å². The Morgan fingerprint density at radius 3 is 2.48 bits per heavy atom.